The Labute approximate surface area is 187 Å². The third-order valence-corrected chi connectivity index (χ3v) is 4.76. The van der Waals surface area contributed by atoms with Gasteiger partial charge in [-0.2, -0.15) is 0 Å². The van der Waals surface area contributed by atoms with Crippen molar-refractivity contribution in [2.75, 3.05) is 24.9 Å². The van der Waals surface area contributed by atoms with Crippen LogP contribution in [0.2, 0.25) is 10.0 Å². The topological polar surface area (TPSA) is 76.7 Å². The molecule has 160 valence electrons. The Morgan fingerprint density at radius 3 is 2.06 bits per heavy atom. The van der Waals surface area contributed by atoms with Gasteiger partial charge in [0.15, 0.2) is 0 Å². The van der Waals surface area contributed by atoms with E-state index >= 15 is 0 Å². The number of rotatable bonds is 6. The molecule has 0 saturated heterocycles. The van der Waals surface area contributed by atoms with Crippen molar-refractivity contribution in [3.63, 3.8) is 0 Å². The van der Waals surface area contributed by atoms with Gasteiger partial charge in [-0.25, -0.2) is 4.39 Å². The van der Waals surface area contributed by atoms with Crippen LogP contribution in [0.25, 0.3) is 0 Å². The maximum absolute atomic E-state index is 14.1. The summed E-state index contributed by atoms with van der Waals surface area (Å²) in [7, 11) is 2.86. The number of nitrogens with one attached hydrogen (secondary N) is 2. The van der Waals surface area contributed by atoms with Crippen LogP contribution in [0, 0.1) is 5.82 Å². The number of benzene rings is 3. The summed E-state index contributed by atoms with van der Waals surface area (Å²) in [4.78, 5) is 25.2. The minimum absolute atomic E-state index is 0.174. The highest BCUT2D eigenvalue weighted by molar-refractivity contribution is 6.31. The number of hydrogen-bond acceptors (Lipinski definition) is 4. The minimum Gasteiger partial charge on any atom is -0.496 e. The minimum atomic E-state index is -0.763. The zero-order valence-corrected chi connectivity index (χ0v) is 18.0. The highest BCUT2D eigenvalue weighted by Gasteiger charge is 2.17. The Bertz CT molecular complexity index is 1150. The smallest absolute Gasteiger partial charge is 0.259 e. The van der Waals surface area contributed by atoms with E-state index in [-0.39, 0.29) is 21.8 Å². The molecule has 31 heavy (non-hydrogen) atoms. The third-order valence-electron chi connectivity index (χ3n) is 4.29. The molecule has 0 aromatic heterocycles. The van der Waals surface area contributed by atoms with E-state index < -0.39 is 17.6 Å². The Morgan fingerprint density at radius 2 is 1.39 bits per heavy atom. The maximum Gasteiger partial charge on any atom is 0.259 e. The number of methoxy groups -OCH3 is 2. The fourth-order valence-corrected chi connectivity index (χ4v) is 3.13. The van der Waals surface area contributed by atoms with Gasteiger partial charge in [0.1, 0.15) is 17.3 Å². The third kappa shape index (κ3) is 5.25. The fraction of sp³-hybridized carbons (Fsp3) is 0.0909. The van der Waals surface area contributed by atoms with Crippen molar-refractivity contribution in [2.45, 2.75) is 0 Å². The molecule has 0 aliphatic rings. The monoisotopic (exact) mass is 462 g/mol. The van der Waals surface area contributed by atoms with Crippen molar-refractivity contribution in [3.05, 3.63) is 81.6 Å². The van der Waals surface area contributed by atoms with Crippen molar-refractivity contribution < 1.29 is 23.5 Å². The second kappa shape index (κ2) is 9.68. The van der Waals surface area contributed by atoms with Crippen molar-refractivity contribution in [2.24, 2.45) is 0 Å². The van der Waals surface area contributed by atoms with E-state index in [4.69, 9.17) is 32.7 Å². The van der Waals surface area contributed by atoms with Gasteiger partial charge in [-0.1, -0.05) is 23.2 Å². The van der Waals surface area contributed by atoms with E-state index in [0.29, 0.717) is 22.2 Å². The number of anilines is 2. The predicted octanol–water partition coefficient (Wildman–Crippen LogP) is 5.65. The van der Waals surface area contributed by atoms with Crippen molar-refractivity contribution in [1.29, 1.82) is 0 Å². The second-order valence-electron chi connectivity index (χ2n) is 6.29. The summed E-state index contributed by atoms with van der Waals surface area (Å²) in [5, 5.41) is 5.83. The number of ether oxygens (including phenoxy) is 2. The van der Waals surface area contributed by atoms with Crippen LogP contribution in [-0.2, 0) is 0 Å². The van der Waals surface area contributed by atoms with Crippen LogP contribution in [0.3, 0.4) is 0 Å². The van der Waals surface area contributed by atoms with E-state index in [2.05, 4.69) is 10.6 Å². The number of hydrogen-bond donors (Lipinski definition) is 2. The Kier molecular flexibility index (Phi) is 6.99. The lowest BCUT2D eigenvalue weighted by Crippen LogP contribution is -2.16. The first-order chi connectivity index (χ1) is 14.8. The van der Waals surface area contributed by atoms with Crippen LogP contribution in [-0.4, -0.2) is 26.0 Å². The maximum atomic E-state index is 14.1. The van der Waals surface area contributed by atoms with Gasteiger partial charge in [-0.05, 0) is 54.6 Å². The molecule has 0 spiro atoms. The molecule has 0 heterocycles. The van der Waals surface area contributed by atoms with Crippen LogP contribution in [0.4, 0.5) is 15.8 Å². The van der Waals surface area contributed by atoms with Crippen LogP contribution < -0.4 is 20.1 Å². The molecule has 2 N–H and O–H groups in total. The van der Waals surface area contributed by atoms with Crippen LogP contribution in [0.15, 0.2) is 54.6 Å². The molecular weight excluding hydrogens is 446 g/mol. The summed E-state index contributed by atoms with van der Waals surface area (Å²) in [5.74, 6) is -1.26. The molecule has 0 saturated carbocycles. The number of carbonyl (C=O) groups is 2. The molecular formula is C22H17Cl2FN2O4. The van der Waals surface area contributed by atoms with Crippen molar-refractivity contribution in [1.82, 2.24) is 0 Å². The summed E-state index contributed by atoms with van der Waals surface area (Å²) >= 11 is 11.7. The lowest BCUT2D eigenvalue weighted by atomic mass is 10.1. The molecule has 0 aliphatic heterocycles. The molecule has 2 amide bonds. The molecule has 3 rings (SSSR count). The zero-order chi connectivity index (χ0) is 22.5. The number of carbonyl (C=O) groups excluding carboxylic acids is 2. The quantitative estimate of drug-likeness (QED) is 0.495. The van der Waals surface area contributed by atoms with Gasteiger partial charge < -0.3 is 20.1 Å². The first-order valence-corrected chi connectivity index (χ1v) is 9.67. The van der Waals surface area contributed by atoms with Gasteiger partial charge in [0.05, 0.1) is 31.0 Å². The largest absolute Gasteiger partial charge is 0.496 e. The van der Waals surface area contributed by atoms with Crippen LogP contribution in [0.5, 0.6) is 11.5 Å². The molecule has 9 heteroatoms. The number of amides is 2. The van der Waals surface area contributed by atoms with Gasteiger partial charge in [0.2, 0.25) is 0 Å². The zero-order valence-electron chi connectivity index (χ0n) is 16.5. The molecule has 0 bridgehead atoms. The highest BCUT2D eigenvalue weighted by atomic mass is 35.5. The highest BCUT2D eigenvalue weighted by Crippen LogP contribution is 2.30. The molecule has 0 aliphatic carbocycles. The molecule has 0 atom stereocenters. The van der Waals surface area contributed by atoms with Crippen LogP contribution >= 0.6 is 23.2 Å². The molecule has 3 aromatic rings. The summed E-state index contributed by atoms with van der Waals surface area (Å²) in [6, 6.07) is 13.0. The lowest BCUT2D eigenvalue weighted by Gasteiger charge is -2.14. The van der Waals surface area contributed by atoms with E-state index in [1.807, 2.05) is 0 Å². The Morgan fingerprint density at radius 1 is 0.774 bits per heavy atom. The van der Waals surface area contributed by atoms with E-state index in [9.17, 15) is 14.0 Å². The lowest BCUT2D eigenvalue weighted by molar-refractivity contribution is 0.101. The predicted molar refractivity (Wildman–Crippen MR) is 118 cm³/mol. The average Bonchev–Trinajstić information content (AvgIpc) is 2.73. The summed E-state index contributed by atoms with van der Waals surface area (Å²) in [6.45, 7) is 0. The Hall–Kier alpha value is -3.29. The second-order valence-corrected chi connectivity index (χ2v) is 7.16. The van der Waals surface area contributed by atoms with Gasteiger partial charge in [0.25, 0.3) is 11.8 Å². The summed E-state index contributed by atoms with van der Waals surface area (Å²) in [5.41, 5.74) is 0.640. The van der Waals surface area contributed by atoms with Gasteiger partial charge in [0, 0.05) is 15.7 Å². The summed E-state index contributed by atoms with van der Waals surface area (Å²) < 4.78 is 24.5. The molecule has 0 fully saturated rings. The van der Waals surface area contributed by atoms with E-state index in [1.165, 1.54) is 38.5 Å². The van der Waals surface area contributed by atoms with Crippen LogP contribution in [0.1, 0.15) is 20.7 Å². The normalized spacial score (nSPS) is 10.4. The molecule has 0 radical (unpaired) electrons. The standard InChI is InChI=1S/C22H17Cl2FN2O4/c1-30-19-7-4-12(23)9-16(19)22(29)26-14-5-8-20(31-2)18(11-14)27-21(28)15-6-3-13(24)10-17(15)25/h3-11H,1-2H3,(H,26,29)(H,27,28). The molecule has 6 nitrogen and oxygen atoms in total. The van der Waals surface area contributed by atoms with Crippen molar-refractivity contribution in [3.8, 4) is 11.5 Å². The van der Waals surface area contributed by atoms with E-state index in [0.717, 1.165) is 6.07 Å². The fourth-order valence-electron chi connectivity index (χ4n) is 2.80. The van der Waals surface area contributed by atoms with Gasteiger partial charge in [-0.3, -0.25) is 9.59 Å². The summed E-state index contributed by atoms with van der Waals surface area (Å²) in [6.07, 6.45) is 0. The van der Waals surface area contributed by atoms with Crippen molar-refractivity contribution >= 4 is 46.4 Å². The first kappa shape index (κ1) is 22.4. The molecule has 0 unspecified atom stereocenters. The number of halogens is 3. The first-order valence-electron chi connectivity index (χ1n) is 8.91. The van der Waals surface area contributed by atoms with Gasteiger partial charge >= 0.3 is 0 Å². The molecule has 3 aromatic carbocycles. The Balaban J connectivity index is 1.86. The van der Waals surface area contributed by atoms with Gasteiger partial charge in [-0.15, -0.1) is 0 Å². The van der Waals surface area contributed by atoms with E-state index in [1.54, 1.807) is 24.3 Å². The average molecular weight is 463 g/mol. The SMILES string of the molecule is COc1ccc(NC(=O)c2cc(Cl)ccc2OC)cc1NC(=O)c1ccc(Cl)cc1F.